The number of amides is 2. The van der Waals surface area contributed by atoms with Crippen LogP contribution in [0.1, 0.15) is 35.5 Å². The van der Waals surface area contributed by atoms with Gasteiger partial charge in [0.25, 0.3) is 5.56 Å². The molecule has 3 heterocycles. The number of aryl methyl sites for hydroxylation is 1. The number of aromatic nitrogens is 2. The van der Waals surface area contributed by atoms with Gasteiger partial charge in [0.05, 0.1) is 5.69 Å². The molecule has 1 aromatic heterocycles. The van der Waals surface area contributed by atoms with Gasteiger partial charge in [-0.2, -0.15) is 0 Å². The van der Waals surface area contributed by atoms with Crippen molar-refractivity contribution in [1.82, 2.24) is 20.2 Å². The Bertz CT molecular complexity index is 911. The van der Waals surface area contributed by atoms with Crippen molar-refractivity contribution in [2.75, 3.05) is 0 Å². The van der Waals surface area contributed by atoms with E-state index in [1.54, 1.807) is 19.1 Å². The molecule has 2 aliphatic heterocycles. The number of carbonyl (C=O) groups excluding carboxylic acids is 1. The number of hydrogen-bond donors (Lipinski definition) is 2. The van der Waals surface area contributed by atoms with E-state index in [1.807, 2.05) is 4.90 Å². The first-order chi connectivity index (χ1) is 12.5. The molecule has 1 saturated heterocycles. The standard InChI is InChI=1S/C19H21FN4O2/c1-11-22-17-9-15-6-5-14(8-16(17)18(25)23-11)24(15)19(26)21-10-12-3-2-4-13(20)7-12/h2-4,7,14-15H,5-6,8-10H2,1H3,(H,21,26)(H,22,23,25)/t14-,15+/m1/s1. The maximum absolute atomic E-state index is 13.3. The monoisotopic (exact) mass is 356 g/mol. The maximum Gasteiger partial charge on any atom is 0.318 e. The summed E-state index contributed by atoms with van der Waals surface area (Å²) in [6, 6.07) is 6.08. The Kier molecular flexibility index (Phi) is 4.22. The molecular formula is C19H21FN4O2. The van der Waals surface area contributed by atoms with E-state index in [1.165, 1.54) is 12.1 Å². The Balaban J connectivity index is 1.52. The van der Waals surface area contributed by atoms with Crippen LogP contribution in [0.4, 0.5) is 9.18 Å². The van der Waals surface area contributed by atoms with Gasteiger partial charge in [-0.05, 0) is 37.5 Å². The molecule has 2 amide bonds. The predicted molar refractivity (Wildman–Crippen MR) is 94.3 cm³/mol. The SMILES string of the molecule is Cc1nc2c(c(=O)[nH]1)C[C@H]1CC[C@@H](C2)N1C(=O)NCc1cccc(F)c1. The van der Waals surface area contributed by atoms with E-state index < -0.39 is 0 Å². The highest BCUT2D eigenvalue weighted by molar-refractivity contribution is 5.75. The van der Waals surface area contributed by atoms with Crippen molar-refractivity contribution < 1.29 is 9.18 Å². The van der Waals surface area contributed by atoms with Crippen LogP contribution in [-0.4, -0.2) is 33.0 Å². The topological polar surface area (TPSA) is 78.1 Å². The Morgan fingerprint density at radius 3 is 2.88 bits per heavy atom. The highest BCUT2D eigenvalue weighted by atomic mass is 19.1. The van der Waals surface area contributed by atoms with Crippen LogP contribution in [0.5, 0.6) is 0 Å². The fourth-order valence-electron chi connectivity index (χ4n) is 4.12. The lowest BCUT2D eigenvalue weighted by Gasteiger charge is -2.28. The second-order valence-corrected chi connectivity index (χ2v) is 7.07. The third kappa shape index (κ3) is 3.09. The first-order valence-electron chi connectivity index (χ1n) is 8.90. The van der Waals surface area contributed by atoms with Crippen molar-refractivity contribution in [2.45, 2.75) is 51.2 Å². The normalized spacial score (nSPS) is 21.2. The number of nitrogens with zero attached hydrogens (tertiary/aromatic N) is 2. The van der Waals surface area contributed by atoms with Crippen LogP contribution in [0.15, 0.2) is 29.1 Å². The molecule has 2 atom stereocenters. The number of hydrogen-bond acceptors (Lipinski definition) is 3. The van der Waals surface area contributed by atoms with Gasteiger partial charge in [0.2, 0.25) is 0 Å². The predicted octanol–water partition coefficient (Wildman–Crippen LogP) is 2.06. The van der Waals surface area contributed by atoms with E-state index in [9.17, 15) is 14.0 Å². The lowest BCUT2D eigenvalue weighted by atomic mass is 9.98. The van der Waals surface area contributed by atoms with Crippen LogP contribution in [0, 0.1) is 12.7 Å². The summed E-state index contributed by atoms with van der Waals surface area (Å²) in [6.07, 6.45) is 2.92. The van der Waals surface area contributed by atoms with Gasteiger partial charge in [-0.1, -0.05) is 12.1 Å². The number of aromatic amines is 1. The Hall–Kier alpha value is -2.70. The molecule has 1 fully saturated rings. The quantitative estimate of drug-likeness (QED) is 0.865. The molecule has 26 heavy (non-hydrogen) atoms. The summed E-state index contributed by atoms with van der Waals surface area (Å²) in [5, 5.41) is 2.89. The van der Waals surface area contributed by atoms with Crippen molar-refractivity contribution in [2.24, 2.45) is 0 Å². The number of rotatable bonds is 2. The van der Waals surface area contributed by atoms with Gasteiger partial charge in [0.1, 0.15) is 11.6 Å². The summed E-state index contributed by atoms with van der Waals surface area (Å²) in [5.74, 6) is 0.288. The van der Waals surface area contributed by atoms with Gasteiger partial charge in [-0.3, -0.25) is 4.79 Å². The number of nitrogens with one attached hydrogen (secondary N) is 2. The minimum absolute atomic E-state index is 0.000587. The van der Waals surface area contributed by atoms with Gasteiger partial charge in [-0.15, -0.1) is 0 Å². The summed E-state index contributed by atoms with van der Waals surface area (Å²) in [6.45, 7) is 2.05. The van der Waals surface area contributed by atoms with Gasteiger partial charge in [0, 0.05) is 37.0 Å². The molecule has 4 rings (SSSR count). The second-order valence-electron chi connectivity index (χ2n) is 7.07. The fourth-order valence-corrected chi connectivity index (χ4v) is 4.12. The number of urea groups is 1. The van der Waals surface area contributed by atoms with E-state index in [4.69, 9.17) is 0 Å². The zero-order valence-corrected chi connectivity index (χ0v) is 14.6. The molecule has 0 radical (unpaired) electrons. The zero-order chi connectivity index (χ0) is 18.3. The summed E-state index contributed by atoms with van der Waals surface area (Å²) in [4.78, 5) is 34.2. The molecule has 1 aromatic carbocycles. The van der Waals surface area contributed by atoms with Crippen molar-refractivity contribution in [1.29, 1.82) is 0 Å². The lowest BCUT2D eigenvalue weighted by molar-refractivity contribution is 0.173. The smallest absolute Gasteiger partial charge is 0.318 e. The molecule has 2 N–H and O–H groups in total. The van der Waals surface area contributed by atoms with E-state index in [0.29, 0.717) is 24.2 Å². The third-order valence-electron chi connectivity index (χ3n) is 5.28. The van der Waals surface area contributed by atoms with Gasteiger partial charge >= 0.3 is 6.03 Å². The Morgan fingerprint density at radius 1 is 1.35 bits per heavy atom. The van der Waals surface area contributed by atoms with E-state index >= 15 is 0 Å². The summed E-state index contributed by atoms with van der Waals surface area (Å²) in [7, 11) is 0. The number of H-pyrrole nitrogens is 1. The molecule has 0 aliphatic carbocycles. The van der Waals surface area contributed by atoms with Crippen LogP contribution in [-0.2, 0) is 19.4 Å². The summed E-state index contributed by atoms with van der Waals surface area (Å²) < 4.78 is 13.3. The number of carbonyl (C=O) groups is 1. The van der Waals surface area contributed by atoms with Crippen molar-refractivity contribution >= 4 is 6.03 Å². The van der Waals surface area contributed by atoms with Crippen LogP contribution < -0.4 is 10.9 Å². The molecule has 0 unspecified atom stereocenters. The van der Waals surface area contributed by atoms with E-state index in [-0.39, 0.29) is 36.0 Å². The maximum atomic E-state index is 13.3. The van der Waals surface area contributed by atoms with E-state index in [0.717, 1.165) is 24.1 Å². The van der Waals surface area contributed by atoms with Gasteiger partial charge < -0.3 is 15.2 Å². The molecule has 2 aromatic rings. The van der Waals surface area contributed by atoms with Gasteiger partial charge in [0.15, 0.2) is 0 Å². The van der Waals surface area contributed by atoms with Crippen molar-refractivity contribution in [3.05, 3.63) is 63.1 Å². The molecule has 0 saturated carbocycles. The lowest BCUT2D eigenvalue weighted by Crippen LogP contribution is -2.47. The van der Waals surface area contributed by atoms with E-state index in [2.05, 4.69) is 15.3 Å². The molecule has 0 spiro atoms. The number of fused-ring (bicyclic) bond motifs is 3. The number of halogens is 1. The van der Waals surface area contributed by atoms with Crippen molar-refractivity contribution in [3.8, 4) is 0 Å². The first-order valence-corrected chi connectivity index (χ1v) is 8.90. The molecule has 2 bridgehead atoms. The second kappa shape index (κ2) is 6.55. The summed E-state index contributed by atoms with van der Waals surface area (Å²) >= 11 is 0. The van der Waals surface area contributed by atoms with Gasteiger partial charge in [-0.25, -0.2) is 14.2 Å². The third-order valence-corrected chi connectivity index (χ3v) is 5.28. The Morgan fingerprint density at radius 2 is 2.12 bits per heavy atom. The van der Waals surface area contributed by atoms with Crippen LogP contribution >= 0.6 is 0 Å². The van der Waals surface area contributed by atoms with Crippen LogP contribution in [0.2, 0.25) is 0 Å². The molecule has 136 valence electrons. The Labute approximate surface area is 150 Å². The molecule has 7 heteroatoms. The zero-order valence-electron chi connectivity index (χ0n) is 14.6. The fraction of sp³-hybridized carbons (Fsp3) is 0.421. The average Bonchev–Trinajstić information content (AvgIpc) is 2.89. The highest BCUT2D eigenvalue weighted by Gasteiger charge is 2.40. The van der Waals surface area contributed by atoms with Crippen molar-refractivity contribution in [3.63, 3.8) is 0 Å². The van der Waals surface area contributed by atoms with Crippen LogP contribution in [0.3, 0.4) is 0 Å². The molecular weight excluding hydrogens is 335 g/mol. The molecule has 2 aliphatic rings. The largest absolute Gasteiger partial charge is 0.334 e. The minimum atomic E-state index is -0.317. The summed E-state index contributed by atoms with van der Waals surface area (Å²) in [5.41, 5.74) is 2.13. The first kappa shape index (κ1) is 16.8. The average molecular weight is 356 g/mol. The molecule has 6 nitrogen and oxygen atoms in total. The minimum Gasteiger partial charge on any atom is -0.334 e. The van der Waals surface area contributed by atoms with Crippen LogP contribution in [0.25, 0.3) is 0 Å². The number of benzene rings is 1. The highest BCUT2D eigenvalue weighted by Crippen LogP contribution is 2.32.